The Labute approximate surface area is 164 Å². The topological polar surface area (TPSA) is 101 Å². The number of benzene rings is 1. The standard InChI is InChI=1S/C19H27N3O6/c1-21(12-19(24)25)14-4-7-22(8-5-14)11-18(23)20-6-9-26-15-2-3-16-17(10-15)28-13-27-16/h2-3,10,14H,4-9,11-13H2,1H3,(H,20,23)(H,24,25). The highest BCUT2D eigenvalue weighted by atomic mass is 16.7. The number of nitrogens with zero attached hydrogens (tertiary/aromatic N) is 2. The highest BCUT2D eigenvalue weighted by Gasteiger charge is 2.24. The maximum absolute atomic E-state index is 12.1. The normalized spacial score (nSPS) is 16.9. The van der Waals surface area contributed by atoms with E-state index in [-0.39, 0.29) is 25.3 Å². The quantitative estimate of drug-likeness (QED) is 0.581. The number of fused-ring (bicyclic) bond motifs is 1. The van der Waals surface area contributed by atoms with Gasteiger partial charge < -0.3 is 24.6 Å². The molecule has 2 heterocycles. The number of nitrogens with one attached hydrogen (secondary N) is 1. The third-order valence-corrected chi connectivity index (χ3v) is 4.97. The van der Waals surface area contributed by atoms with Crippen LogP contribution in [0.2, 0.25) is 0 Å². The maximum atomic E-state index is 12.1. The van der Waals surface area contributed by atoms with Gasteiger partial charge in [0.15, 0.2) is 11.5 Å². The number of likely N-dealkylation sites (N-methyl/N-ethyl adjacent to an activating group) is 1. The van der Waals surface area contributed by atoms with Crippen molar-refractivity contribution < 1.29 is 28.9 Å². The van der Waals surface area contributed by atoms with Gasteiger partial charge in [-0.25, -0.2) is 0 Å². The van der Waals surface area contributed by atoms with E-state index in [1.807, 2.05) is 11.9 Å². The van der Waals surface area contributed by atoms with E-state index in [1.54, 1.807) is 18.2 Å². The third kappa shape index (κ3) is 5.74. The van der Waals surface area contributed by atoms with Crippen LogP contribution in [0.5, 0.6) is 17.2 Å². The molecule has 9 nitrogen and oxygen atoms in total. The number of hydrogen-bond donors (Lipinski definition) is 2. The first-order chi connectivity index (χ1) is 13.5. The maximum Gasteiger partial charge on any atom is 0.317 e. The van der Waals surface area contributed by atoms with E-state index in [2.05, 4.69) is 10.2 Å². The van der Waals surface area contributed by atoms with E-state index in [0.29, 0.717) is 36.9 Å². The van der Waals surface area contributed by atoms with Gasteiger partial charge in [-0.2, -0.15) is 0 Å². The predicted octanol–water partition coefficient (Wildman–Crippen LogP) is 0.391. The van der Waals surface area contributed by atoms with Crippen LogP contribution < -0.4 is 19.5 Å². The molecule has 0 aromatic heterocycles. The summed E-state index contributed by atoms with van der Waals surface area (Å²) < 4.78 is 16.2. The van der Waals surface area contributed by atoms with Crippen LogP contribution in [0.15, 0.2) is 18.2 Å². The molecule has 0 saturated carbocycles. The SMILES string of the molecule is CN(CC(=O)O)C1CCN(CC(=O)NCCOc2ccc3c(c2)OCO3)CC1. The zero-order chi connectivity index (χ0) is 19.9. The number of carboxylic acids is 1. The number of carbonyl (C=O) groups excluding carboxylic acids is 1. The molecule has 1 fully saturated rings. The van der Waals surface area contributed by atoms with Gasteiger partial charge in [0.1, 0.15) is 12.4 Å². The van der Waals surface area contributed by atoms with E-state index < -0.39 is 5.97 Å². The molecule has 2 aliphatic rings. The van der Waals surface area contributed by atoms with Crippen LogP contribution in [0.4, 0.5) is 0 Å². The molecule has 3 rings (SSSR count). The van der Waals surface area contributed by atoms with Gasteiger partial charge in [0.2, 0.25) is 12.7 Å². The molecular weight excluding hydrogens is 366 g/mol. The number of rotatable bonds is 9. The molecule has 0 aliphatic carbocycles. The lowest BCUT2D eigenvalue weighted by Crippen LogP contribution is -2.47. The molecular formula is C19H27N3O6. The van der Waals surface area contributed by atoms with Crippen molar-refractivity contribution in [2.24, 2.45) is 0 Å². The number of likely N-dealkylation sites (tertiary alicyclic amines) is 1. The number of piperidine rings is 1. The van der Waals surface area contributed by atoms with Crippen LogP contribution in [-0.2, 0) is 9.59 Å². The Morgan fingerprint density at radius 1 is 1.29 bits per heavy atom. The van der Waals surface area contributed by atoms with Crippen molar-refractivity contribution in [3.63, 3.8) is 0 Å². The fraction of sp³-hybridized carbons (Fsp3) is 0.579. The van der Waals surface area contributed by atoms with Gasteiger partial charge in [0, 0.05) is 25.2 Å². The summed E-state index contributed by atoms with van der Waals surface area (Å²) in [5.74, 6) is 1.20. The lowest BCUT2D eigenvalue weighted by Gasteiger charge is -2.35. The van der Waals surface area contributed by atoms with E-state index >= 15 is 0 Å². The van der Waals surface area contributed by atoms with Crippen LogP contribution in [0, 0.1) is 0 Å². The zero-order valence-electron chi connectivity index (χ0n) is 16.1. The van der Waals surface area contributed by atoms with Gasteiger partial charge in [-0.1, -0.05) is 0 Å². The monoisotopic (exact) mass is 393 g/mol. The van der Waals surface area contributed by atoms with Crippen LogP contribution >= 0.6 is 0 Å². The van der Waals surface area contributed by atoms with Crippen molar-refractivity contribution in [3.05, 3.63) is 18.2 Å². The zero-order valence-corrected chi connectivity index (χ0v) is 16.1. The van der Waals surface area contributed by atoms with Crippen LogP contribution in [0.25, 0.3) is 0 Å². The second kappa shape index (κ2) is 9.61. The smallest absolute Gasteiger partial charge is 0.317 e. The highest BCUT2D eigenvalue weighted by molar-refractivity contribution is 5.78. The molecule has 1 aromatic rings. The van der Waals surface area contributed by atoms with Crippen molar-refractivity contribution in [2.75, 3.05) is 53.2 Å². The Hall–Kier alpha value is -2.52. The van der Waals surface area contributed by atoms with Crippen molar-refractivity contribution in [1.82, 2.24) is 15.1 Å². The second-order valence-corrected chi connectivity index (χ2v) is 7.03. The molecule has 0 unspecified atom stereocenters. The number of aliphatic carboxylic acids is 1. The molecule has 0 bridgehead atoms. The molecule has 28 heavy (non-hydrogen) atoms. The summed E-state index contributed by atoms with van der Waals surface area (Å²) in [6.45, 7) is 2.99. The average Bonchev–Trinajstić information content (AvgIpc) is 3.13. The number of amides is 1. The predicted molar refractivity (Wildman–Crippen MR) is 101 cm³/mol. The van der Waals surface area contributed by atoms with Gasteiger partial charge in [-0.15, -0.1) is 0 Å². The van der Waals surface area contributed by atoms with Crippen molar-refractivity contribution in [3.8, 4) is 17.2 Å². The summed E-state index contributed by atoms with van der Waals surface area (Å²) in [5.41, 5.74) is 0. The van der Waals surface area contributed by atoms with E-state index in [1.165, 1.54) is 0 Å². The van der Waals surface area contributed by atoms with Crippen molar-refractivity contribution in [1.29, 1.82) is 0 Å². The molecule has 2 aliphatic heterocycles. The van der Waals surface area contributed by atoms with Crippen molar-refractivity contribution in [2.45, 2.75) is 18.9 Å². The van der Waals surface area contributed by atoms with Gasteiger partial charge in [0.25, 0.3) is 0 Å². The Balaban J connectivity index is 1.29. The molecule has 9 heteroatoms. The summed E-state index contributed by atoms with van der Waals surface area (Å²) >= 11 is 0. The molecule has 0 radical (unpaired) electrons. The van der Waals surface area contributed by atoms with Crippen LogP contribution in [0.3, 0.4) is 0 Å². The molecule has 1 aromatic carbocycles. The molecule has 0 spiro atoms. The van der Waals surface area contributed by atoms with Gasteiger partial charge >= 0.3 is 5.97 Å². The van der Waals surface area contributed by atoms with Crippen LogP contribution in [0.1, 0.15) is 12.8 Å². The first kappa shape index (κ1) is 20.2. The van der Waals surface area contributed by atoms with E-state index in [4.69, 9.17) is 19.3 Å². The van der Waals surface area contributed by atoms with Crippen LogP contribution in [-0.4, -0.2) is 86.0 Å². The summed E-state index contributed by atoms with van der Waals surface area (Å²) in [5, 5.41) is 11.7. The number of carboxylic acid groups (broad SMARTS) is 1. The Morgan fingerprint density at radius 2 is 2.04 bits per heavy atom. The molecule has 1 amide bonds. The fourth-order valence-corrected chi connectivity index (χ4v) is 3.45. The summed E-state index contributed by atoms with van der Waals surface area (Å²) in [7, 11) is 1.83. The van der Waals surface area contributed by atoms with E-state index in [9.17, 15) is 9.59 Å². The Bertz CT molecular complexity index is 690. The minimum atomic E-state index is -0.813. The second-order valence-electron chi connectivity index (χ2n) is 7.03. The summed E-state index contributed by atoms with van der Waals surface area (Å²) in [6, 6.07) is 5.63. The average molecular weight is 393 g/mol. The van der Waals surface area contributed by atoms with Gasteiger partial charge in [0.05, 0.1) is 19.6 Å². The molecule has 154 valence electrons. The first-order valence-electron chi connectivity index (χ1n) is 9.45. The Kier molecular flexibility index (Phi) is 6.94. The number of ether oxygens (including phenoxy) is 3. The first-order valence-corrected chi connectivity index (χ1v) is 9.45. The number of hydrogen-bond acceptors (Lipinski definition) is 7. The summed E-state index contributed by atoms with van der Waals surface area (Å²) in [4.78, 5) is 26.9. The highest BCUT2D eigenvalue weighted by Crippen LogP contribution is 2.34. The molecule has 1 saturated heterocycles. The number of carbonyl (C=O) groups is 2. The van der Waals surface area contributed by atoms with Crippen molar-refractivity contribution >= 4 is 11.9 Å². The summed E-state index contributed by atoms with van der Waals surface area (Å²) in [6.07, 6.45) is 1.73. The van der Waals surface area contributed by atoms with E-state index in [0.717, 1.165) is 25.9 Å². The minimum Gasteiger partial charge on any atom is -0.492 e. The fourth-order valence-electron chi connectivity index (χ4n) is 3.45. The Morgan fingerprint density at radius 3 is 2.79 bits per heavy atom. The molecule has 0 atom stereocenters. The third-order valence-electron chi connectivity index (χ3n) is 4.97. The van der Waals surface area contributed by atoms with Gasteiger partial charge in [-0.3, -0.25) is 19.4 Å². The largest absolute Gasteiger partial charge is 0.492 e. The minimum absolute atomic E-state index is 0.0355. The lowest BCUT2D eigenvalue weighted by molar-refractivity contribution is -0.138. The van der Waals surface area contributed by atoms with Gasteiger partial charge in [-0.05, 0) is 32.0 Å². The lowest BCUT2D eigenvalue weighted by atomic mass is 10.0. The molecule has 2 N–H and O–H groups in total.